The van der Waals surface area contributed by atoms with Crippen molar-refractivity contribution < 1.29 is 19.7 Å². The van der Waals surface area contributed by atoms with Crippen molar-refractivity contribution in [3.8, 4) is 0 Å². The number of allylic oxidation sites excluding steroid dienone is 4. The topological polar surface area (TPSA) is 74.0 Å². The summed E-state index contributed by atoms with van der Waals surface area (Å²) in [7, 11) is 0. The molecule has 5 heteroatoms. The van der Waals surface area contributed by atoms with Crippen LogP contribution in [0.5, 0.6) is 0 Å². The molecule has 1 aromatic carbocycles. The van der Waals surface area contributed by atoms with Crippen LogP contribution in [-0.4, -0.2) is 18.0 Å². The molecule has 0 bridgehead atoms. The zero-order chi connectivity index (χ0) is 16.3. The second-order valence-electron chi connectivity index (χ2n) is 5.47. The zero-order valence-electron chi connectivity index (χ0n) is 12.4. The number of fused-ring (bicyclic) bond motifs is 1. The highest BCUT2D eigenvalue weighted by Gasteiger charge is 2.41. The highest BCUT2D eigenvalue weighted by Crippen LogP contribution is 2.37. The molecule has 2 aliphatic rings. The number of carbonyl (C=O) groups is 1. The number of carbonyl (C=O) groups excluding carboxylic acids is 1. The fraction of sp³-hybridized carbons (Fsp3) is 0.167. The van der Waals surface area contributed by atoms with E-state index in [0.717, 1.165) is 5.56 Å². The number of hydroxylamine groups is 2. The normalized spacial score (nSPS) is 25.8. The average molecular weight is 311 g/mol. The summed E-state index contributed by atoms with van der Waals surface area (Å²) in [5.41, 5.74) is 0.614. The minimum atomic E-state index is -1.19. The van der Waals surface area contributed by atoms with E-state index in [1.807, 2.05) is 30.3 Å². The molecule has 1 aromatic rings. The van der Waals surface area contributed by atoms with Gasteiger partial charge in [0, 0.05) is 5.57 Å². The summed E-state index contributed by atoms with van der Waals surface area (Å²) < 4.78 is 5.79. The van der Waals surface area contributed by atoms with Crippen LogP contribution in [0.2, 0.25) is 0 Å². The number of aliphatic hydroxyl groups excluding tert-OH is 1. The minimum Gasteiger partial charge on any atom is -0.624 e. The molecule has 0 aromatic heterocycles. The lowest BCUT2D eigenvalue weighted by Crippen LogP contribution is -3.01. The smallest absolute Gasteiger partial charge is 0.182 e. The van der Waals surface area contributed by atoms with Gasteiger partial charge in [0.15, 0.2) is 11.5 Å². The van der Waals surface area contributed by atoms with E-state index < -0.39 is 12.0 Å². The van der Waals surface area contributed by atoms with Crippen LogP contribution in [0.1, 0.15) is 5.56 Å². The van der Waals surface area contributed by atoms with Crippen molar-refractivity contribution in [1.29, 1.82) is 0 Å². The molecule has 118 valence electrons. The Hall–Kier alpha value is -2.47. The highest BCUT2D eigenvalue weighted by molar-refractivity contribution is 5.74. The van der Waals surface area contributed by atoms with E-state index in [2.05, 4.69) is 0 Å². The maximum absolute atomic E-state index is 12.3. The van der Waals surface area contributed by atoms with Gasteiger partial charge in [-0.25, -0.2) is 0 Å². The summed E-state index contributed by atoms with van der Waals surface area (Å²) in [6.07, 6.45) is 8.53. The molecule has 0 radical (unpaired) electrons. The Balaban J connectivity index is 1.93. The minimum absolute atomic E-state index is 0.227. The van der Waals surface area contributed by atoms with Crippen LogP contribution in [0.25, 0.3) is 0 Å². The molecule has 3 rings (SSSR count). The molecule has 1 heterocycles. The van der Waals surface area contributed by atoms with Gasteiger partial charge in [-0.2, -0.15) is 0 Å². The van der Waals surface area contributed by atoms with Crippen LogP contribution < -0.4 is 5.06 Å². The lowest BCUT2D eigenvalue weighted by atomic mass is 9.76. The third-order valence-corrected chi connectivity index (χ3v) is 4.02. The molecule has 2 atom stereocenters. The largest absolute Gasteiger partial charge is 0.624 e. The molecule has 1 aliphatic carbocycles. The lowest BCUT2D eigenvalue weighted by Gasteiger charge is -2.35. The molecule has 0 saturated carbocycles. The lowest BCUT2D eigenvalue weighted by molar-refractivity contribution is -0.746. The number of benzene rings is 1. The van der Waals surface area contributed by atoms with E-state index in [9.17, 15) is 15.1 Å². The molecule has 2 unspecified atom stereocenters. The summed E-state index contributed by atoms with van der Waals surface area (Å²) in [4.78, 5) is 11.5. The van der Waals surface area contributed by atoms with Crippen molar-refractivity contribution in [2.75, 3.05) is 6.61 Å². The van der Waals surface area contributed by atoms with E-state index in [-0.39, 0.29) is 5.06 Å². The van der Waals surface area contributed by atoms with E-state index in [1.165, 1.54) is 6.20 Å². The van der Waals surface area contributed by atoms with Gasteiger partial charge in [-0.1, -0.05) is 36.4 Å². The molecular formula is C18H17NO4. The van der Waals surface area contributed by atoms with Crippen molar-refractivity contribution in [1.82, 2.24) is 0 Å². The fourth-order valence-corrected chi connectivity index (χ4v) is 2.70. The first-order valence-corrected chi connectivity index (χ1v) is 7.31. The van der Waals surface area contributed by atoms with Gasteiger partial charge in [0.2, 0.25) is 0 Å². The van der Waals surface area contributed by atoms with Gasteiger partial charge in [-0.15, -0.1) is 0 Å². The SMILES string of the molecule is O=CC1(CO)C=CC(OCc2ccccc2)=C2C1=CC=C[NH+]2[O-]. The fourth-order valence-electron chi connectivity index (χ4n) is 2.70. The maximum Gasteiger partial charge on any atom is 0.182 e. The highest BCUT2D eigenvalue weighted by atomic mass is 16.5. The first-order valence-electron chi connectivity index (χ1n) is 7.31. The molecule has 5 nitrogen and oxygen atoms in total. The Bertz CT molecular complexity index is 718. The molecular weight excluding hydrogens is 294 g/mol. The van der Waals surface area contributed by atoms with Gasteiger partial charge < -0.3 is 24.9 Å². The number of aldehydes is 1. The first-order chi connectivity index (χ1) is 11.2. The maximum atomic E-state index is 12.3. The molecule has 23 heavy (non-hydrogen) atoms. The number of aliphatic hydroxyl groups is 1. The van der Waals surface area contributed by atoms with E-state index in [4.69, 9.17) is 4.74 Å². The Morgan fingerprint density at radius 3 is 2.78 bits per heavy atom. The number of hydrogen-bond donors (Lipinski definition) is 2. The Labute approximate surface area is 134 Å². The van der Waals surface area contributed by atoms with Crippen molar-refractivity contribution in [2.45, 2.75) is 6.61 Å². The molecule has 2 N–H and O–H groups in total. The van der Waals surface area contributed by atoms with Crippen LogP contribution in [0.4, 0.5) is 0 Å². The Kier molecular flexibility index (Phi) is 4.25. The molecule has 0 saturated heterocycles. The van der Waals surface area contributed by atoms with E-state index in [1.54, 1.807) is 24.3 Å². The van der Waals surface area contributed by atoms with Gasteiger partial charge in [0.25, 0.3) is 0 Å². The zero-order valence-corrected chi connectivity index (χ0v) is 12.4. The Morgan fingerprint density at radius 2 is 2.09 bits per heavy atom. The second kappa shape index (κ2) is 6.34. The number of quaternary nitrogens is 1. The average Bonchev–Trinajstić information content (AvgIpc) is 2.61. The number of nitrogens with one attached hydrogen (secondary N) is 1. The Morgan fingerprint density at radius 1 is 1.30 bits per heavy atom. The van der Waals surface area contributed by atoms with Gasteiger partial charge in [0.05, 0.1) is 18.2 Å². The van der Waals surface area contributed by atoms with Crippen molar-refractivity contribution in [3.05, 3.63) is 88.6 Å². The summed E-state index contributed by atoms with van der Waals surface area (Å²) in [5, 5.41) is 21.7. The van der Waals surface area contributed by atoms with Gasteiger partial charge in [-0.3, -0.25) is 0 Å². The van der Waals surface area contributed by atoms with E-state index >= 15 is 0 Å². The quantitative estimate of drug-likeness (QED) is 0.628. The van der Waals surface area contributed by atoms with Crippen LogP contribution in [-0.2, 0) is 16.1 Å². The van der Waals surface area contributed by atoms with Gasteiger partial charge in [-0.05, 0) is 23.8 Å². The van der Waals surface area contributed by atoms with Crippen LogP contribution in [0.15, 0.2) is 77.9 Å². The summed E-state index contributed by atoms with van der Waals surface area (Å²) in [5.74, 6) is 0.417. The molecule has 0 fully saturated rings. The molecule has 0 spiro atoms. The predicted molar refractivity (Wildman–Crippen MR) is 84.5 cm³/mol. The standard InChI is InChI=1S/C18H17NO4/c20-12-18(13-21)9-8-16(17-15(18)7-4-10-19(17)22)23-11-14-5-2-1-3-6-14/h1-10,12,19,21H,11,13H2. The van der Waals surface area contributed by atoms with Crippen LogP contribution in [0, 0.1) is 10.6 Å². The number of ether oxygens (including phenoxy) is 1. The summed E-state index contributed by atoms with van der Waals surface area (Å²) in [6, 6.07) is 9.61. The molecule has 0 amide bonds. The van der Waals surface area contributed by atoms with Crippen LogP contribution >= 0.6 is 0 Å². The van der Waals surface area contributed by atoms with Crippen molar-refractivity contribution in [3.63, 3.8) is 0 Å². The van der Waals surface area contributed by atoms with Gasteiger partial charge >= 0.3 is 0 Å². The summed E-state index contributed by atoms with van der Waals surface area (Å²) >= 11 is 0. The number of hydrogen-bond acceptors (Lipinski definition) is 4. The first kappa shape index (κ1) is 15.4. The number of rotatable bonds is 5. The van der Waals surface area contributed by atoms with E-state index in [0.29, 0.717) is 29.9 Å². The summed E-state index contributed by atoms with van der Waals surface area (Å²) in [6.45, 7) is -0.0725. The van der Waals surface area contributed by atoms with Crippen LogP contribution in [0.3, 0.4) is 0 Å². The third-order valence-electron chi connectivity index (χ3n) is 4.02. The second-order valence-corrected chi connectivity index (χ2v) is 5.47. The third kappa shape index (κ3) is 2.77. The van der Waals surface area contributed by atoms with Crippen molar-refractivity contribution >= 4 is 6.29 Å². The van der Waals surface area contributed by atoms with Gasteiger partial charge in [0.1, 0.15) is 12.9 Å². The van der Waals surface area contributed by atoms with Crippen molar-refractivity contribution in [2.24, 2.45) is 5.41 Å². The monoisotopic (exact) mass is 311 g/mol. The predicted octanol–water partition coefficient (Wildman–Crippen LogP) is 0.999. The molecule has 1 aliphatic heterocycles.